The lowest BCUT2D eigenvalue weighted by molar-refractivity contribution is -0.136. The van der Waals surface area contributed by atoms with Gasteiger partial charge < -0.3 is 4.90 Å². The molecule has 2 fully saturated rings. The molecule has 0 bridgehead atoms. The molecule has 1 saturated carbocycles. The topological polar surface area (TPSA) is 20.3 Å². The Morgan fingerprint density at radius 3 is 2.43 bits per heavy atom. The Balaban J connectivity index is 1.86. The van der Waals surface area contributed by atoms with E-state index in [0.717, 1.165) is 6.54 Å². The molecule has 2 atom stereocenters. The van der Waals surface area contributed by atoms with Crippen LogP contribution in [0.25, 0.3) is 0 Å². The molecule has 0 N–H and O–H groups in total. The van der Waals surface area contributed by atoms with Gasteiger partial charge in [0.25, 0.3) is 0 Å². The van der Waals surface area contributed by atoms with E-state index < -0.39 is 0 Å². The van der Waals surface area contributed by atoms with E-state index in [0.29, 0.717) is 17.9 Å². The highest BCUT2D eigenvalue weighted by Crippen LogP contribution is 2.47. The molecule has 1 amide bonds. The second-order valence-corrected chi connectivity index (χ2v) is 7.31. The first-order chi connectivity index (χ1) is 10.1. The quantitative estimate of drug-likeness (QED) is 0.789. The summed E-state index contributed by atoms with van der Waals surface area (Å²) < 4.78 is 0. The second-order valence-electron chi connectivity index (χ2n) is 7.31. The highest BCUT2D eigenvalue weighted by Gasteiger charge is 2.52. The average molecular weight is 285 g/mol. The predicted molar refractivity (Wildman–Crippen MR) is 85.8 cm³/mol. The molecule has 2 nitrogen and oxygen atoms in total. The molecular formula is C19H27NO. The molecule has 0 spiro atoms. The van der Waals surface area contributed by atoms with Gasteiger partial charge in [0.05, 0.1) is 0 Å². The van der Waals surface area contributed by atoms with Gasteiger partial charge in [0, 0.05) is 18.0 Å². The third kappa shape index (κ3) is 2.73. The van der Waals surface area contributed by atoms with Crippen molar-refractivity contribution in [3.63, 3.8) is 0 Å². The number of hydrogen-bond acceptors (Lipinski definition) is 1. The number of hydrogen-bond donors (Lipinski definition) is 0. The molecule has 3 rings (SSSR count). The van der Waals surface area contributed by atoms with Crippen LogP contribution >= 0.6 is 0 Å². The number of carbonyl (C=O) groups is 1. The molecule has 2 aliphatic rings. The van der Waals surface area contributed by atoms with Crippen molar-refractivity contribution in [2.75, 3.05) is 0 Å². The molecule has 1 heterocycles. The number of amides is 1. The molecule has 1 aromatic carbocycles. The molecule has 0 radical (unpaired) electrons. The van der Waals surface area contributed by atoms with Crippen molar-refractivity contribution in [1.29, 1.82) is 0 Å². The third-order valence-electron chi connectivity index (χ3n) is 5.56. The van der Waals surface area contributed by atoms with Gasteiger partial charge in [-0.2, -0.15) is 0 Å². The number of nitrogens with zero attached hydrogens (tertiary/aromatic N) is 1. The second kappa shape index (κ2) is 5.82. The van der Waals surface area contributed by atoms with Gasteiger partial charge in [-0.1, -0.05) is 69.9 Å². The van der Waals surface area contributed by atoms with Gasteiger partial charge in [-0.05, 0) is 24.3 Å². The van der Waals surface area contributed by atoms with Crippen molar-refractivity contribution < 1.29 is 4.79 Å². The first kappa shape index (κ1) is 14.6. The summed E-state index contributed by atoms with van der Waals surface area (Å²) in [6.45, 7) is 5.11. The predicted octanol–water partition coefficient (Wildman–Crippen LogP) is 4.39. The van der Waals surface area contributed by atoms with E-state index in [1.807, 2.05) is 6.07 Å². The minimum atomic E-state index is -0.184. The minimum Gasteiger partial charge on any atom is -0.335 e. The van der Waals surface area contributed by atoms with Crippen LogP contribution < -0.4 is 0 Å². The minimum absolute atomic E-state index is 0.184. The fraction of sp³-hybridized carbons (Fsp3) is 0.632. The Labute approximate surface area is 128 Å². The van der Waals surface area contributed by atoms with Gasteiger partial charge >= 0.3 is 0 Å². The first-order valence-corrected chi connectivity index (χ1v) is 8.45. The van der Waals surface area contributed by atoms with E-state index in [2.05, 4.69) is 43.0 Å². The molecule has 114 valence electrons. The van der Waals surface area contributed by atoms with Gasteiger partial charge in [0.2, 0.25) is 5.91 Å². The summed E-state index contributed by atoms with van der Waals surface area (Å²) in [6.07, 6.45) is 7.64. The van der Waals surface area contributed by atoms with Crippen LogP contribution in [0.5, 0.6) is 0 Å². The Kier molecular flexibility index (Phi) is 4.05. The van der Waals surface area contributed by atoms with Crippen molar-refractivity contribution in [2.24, 2.45) is 11.3 Å². The van der Waals surface area contributed by atoms with Crippen LogP contribution in [0.1, 0.15) is 57.9 Å². The molecule has 21 heavy (non-hydrogen) atoms. The lowest BCUT2D eigenvalue weighted by atomic mass is 9.73. The summed E-state index contributed by atoms with van der Waals surface area (Å²) in [4.78, 5) is 15.1. The Bertz CT molecular complexity index is 494. The molecular weight excluding hydrogens is 258 g/mol. The van der Waals surface area contributed by atoms with Gasteiger partial charge in [0.1, 0.15) is 0 Å². The Hall–Kier alpha value is -1.31. The van der Waals surface area contributed by atoms with Crippen LogP contribution in [-0.4, -0.2) is 16.8 Å². The first-order valence-electron chi connectivity index (χ1n) is 8.45. The van der Waals surface area contributed by atoms with Gasteiger partial charge in [-0.3, -0.25) is 4.79 Å². The van der Waals surface area contributed by atoms with Crippen molar-refractivity contribution in [3.8, 4) is 0 Å². The number of likely N-dealkylation sites (tertiary alicyclic amines) is 1. The lowest BCUT2D eigenvalue weighted by Gasteiger charge is -2.31. The van der Waals surface area contributed by atoms with Crippen LogP contribution in [-0.2, 0) is 11.3 Å². The van der Waals surface area contributed by atoms with Crippen LogP contribution in [0.4, 0.5) is 0 Å². The molecule has 2 heteroatoms. The SMILES string of the molecule is CC1(C)C(=O)N(Cc2ccccc2)C2CCCCCCC21. The summed E-state index contributed by atoms with van der Waals surface area (Å²) in [5.41, 5.74) is 1.07. The maximum atomic E-state index is 12.9. The molecule has 1 saturated heterocycles. The van der Waals surface area contributed by atoms with Crippen LogP contribution in [0.15, 0.2) is 30.3 Å². The zero-order valence-electron chi connectivity index (χ0n) is 13.3. The highest BCUT2D eigenvalue weighted by molar-refractivity contribution is 5.85. The van der Waals surface area contributed by atoms with Gasteiger partial charge in [0.15, 0.2) is 0 Å². The fourth-order valence-electron chi connectivity index (χ4n) is 4.33. The van der Waals surface area contributed by atoms with Gasteiger partial charge in [-0.25, -0.2) is 0 Å². The maximum Gasteiger partial charge on any atom is 0.229 e. The monoisotopic (exact) mass is 285 g/mol. The van der Waals surface area contributed by atoms with E-state index in [4.69, 9.17) is 0 Å². The lowest BCUT2D eigenvalue weighted by Crippen LogP contribution is -2.35. The molecule has 2 unspecified atom stereocenters. The van der Waals surface area contributed by atoms with Crippen molar-refractivity contribution >= 4 is 5.91 Å². The normalized spacial score (nSPS) is 28.9. The number of rotatable bonds is 2. The van der Waals surface area contributed by atoms with Crippen molar-refractivity contribution in [2.45, 2.75) is 65.0 Å². The average Bonchev–Trinajstić information content (AvgIpc) is 2.60. The van der Waals surface area contributed by atoms with Crippen LogP contribution in [0, 0.1) is 11.3 Å². The molecule has 1 aliphatic carbocycles. The summed E-state index contributed by atoms with van der Waals surface area (Å²) in [6, 6.07) is 10.9. The highest BCUT2D eigenvalue weighted by atomic mass is 16.2. The van der Waals surface area contributed by atoms with E-state index in [9.17, 15) is 4.79 Å². The van der Waals surface area contributed by atoms with E-state index in [-0.39, 0.29) is 5.41 Å². The Morgan fingerprint density at radius 1 is 1.05 bits per heavy atom. The fourth-order valence-corrected chi connectivity index (χ4v) is 4.33. The molecule has 0 aromatic heterocycles. The van der Waals surface area contributed by atoms with E-state index in [1.165, 1.54) is 44.1 Å². The summed E-state index contributed by atoms with van der Waals surface area (Å²) in [5, 5.41) is 0. The molecule has 1 aromatic rings. The zero-order valence-corrected chi connectivity index (χ0v) is 13.3. The summed E-state index contributed by atoms with van der Waals surface area (Å²) in [7, 11) is 0. The van der Waals surface area contributed by atoms with Crippen molar-refractivity contribution in [1.82, 2.24) is 4.90 Å². The maximum absolute atomic E-state index is 12.9. The van der Waals surface area contributed by atoms with E-state index in [1.54, 1.807) is 0 Å². The largest absolute Gasteiger partial charge is 0.335 e. The summed E-state index contributed by atoms with van der Waals surface area (Å²) in [5.74, 6) is 0.900. The van der Waals surface area contributed by atoms with Crippen molar-refractivity contribution in [3.05, 3.63) is 35.9 Å². The zero-order chi connectivity index (χ0) is 14.9. The third-order valence-corrected chi connectivity index (χ3v) is 5.56. The van der Waals surface area contributed by atoms with E-state index >= 15 is 0 Å². The smallest absolute Gasteiger partial charge is 0.229 e. The standard InChI is InChI=1S/C19H27NO/c1-19(2)16-12-8-3-4-9-13-17(16)20(18(19)21)14-15-10-6-5-7-11-15/h5-7,10-11,16-17H,3-4,8-9,12-14H2,1-2H3. The van der Waals surface area contributed by atoms with Crippen LogP contribution in [0.2, 0.25) is 0 Å². The summed E-state index contributed by atoms with van der Waals surface area (Å²) >= 11 is 0. The molecule has 1 aliphatic heterocycles. The number of carbonyl (C=O) groups excluding carboxylic acids is 1. The number of benzene rings is 1. The van der Waals surface area contributed by atoms with Gasteiger partial charge in [-0.15, -0.1) is 0 Å². The number of fused-ring (bicyclic) bond motifs is 1. The van der Waals surface area contributed by atoms with Crippen LogP contribution in [0.3, 0.4) is 0 Å². The Morgan fingerprint density at radius 2 is 1.71 bits per heavy atom.